The Labute approximate surface area is 131 Å². The number of piperazine rings is 1. The number of hydrogen-bond acceptors (Lipinski definition) is 5. The lowest BCUT2D eigenvalue weighted by Crippen LogP contribution is -2.53. The van der Waals surface area contributed by atoms with Crippen LogP contribution in [0.2, 0.25) is 0 Å². The van der Waals surface area contributed by atoms with Gasteiger partial charge in [-0.3, -0.25) is 9.69 Å². The number of aryl methyl sites for hydroxylation is 1. The molecule has 0 saturated carbocycles. The van der Waals surface area contributed by atoms with Gasteiger partial charge in [-0.25, -0.2) is 4.68 Å². The zero-order valence-electron chi connectivity index (χ0n) is 13.6. The Hall–Kier alpha value is -1.47. The number of piperidine rings is 1. The number of likely N-dealkylation sites (tertiary alicyclic amines) is 1. The summed E-state index contributed by atoms with van der Waals surface area (Å²) in [6, 6.07) is 0.678. The van der Waals surface area contributed by atoms with Crippen LogP contribution < -0.4 is 0 Å². The van der Waals surface area contributed by atoms with Crippen LogP contribution in [0.4, 0.5) is 0 Å². The molecule has 7 heteroatoms. The van der Waals surface area contributed by atoms with Gasteiger partial charge in [0.25, 0.3) is 5.91 Å². The summed E-state index contributed by atoms with van der Waals surface area (Å²) in [6.07, 6.45) is 5.52. The van der Waals surface area contributed by atoms with Crippen LogP contribution in [-0.4, -0.2) is 88.0 Å². The van der Waals surface area contributed by atoms with Gasteiger partial charge in [0.15, 0.2) is 0 Å². The van der Waals surface area contributed by atoms with Crippen molar-refractivity contribution in [3.8, 4) is 0 Å². The van der Waals surface area contributed by atoms with E-state index in [-0.39, 0.29) is 5.91 Å². The Morgan fingerprint density at radius 2 is 1.95 bits per heavy atom. The third-order valence-corrected chi connectivity index (χ3v) is 4.98. The first-order valence-electron chi connectivity index (χ1n) is 8.21. The minimum atomic E-state index is 0.0435. The van der Waals surface area contributed by atoms with Crippen LogP contribution in [0.1, 0.15) is 29.8 Å². The molecule has 2 saturated heterocycles. The molecular formula is C15H26N6O. The van der Waals surface area contributed by atoms with Gasteiger partial charge in [-0.15, -0.1) is 5.10 Å². The second kappa shape index (κ2) is 6.75. The molecule has 1 unspecified atom stereocenters. The van der Waals surface area contributed by atoms with Crippen LogP contribution in [0.5, 0.6) is 0 Å². The fraction of sp³-hybridized carbons (Fsp3) is 0.800. The highest BCUT2D eigenvalue weighted by Crippen LogP contribution is 2.17. The van der Waals surface area contributed by atoms with E-state index >= 15 is 0 Å². The van der Waals surface area contributed by atoms with Crippen molar-refractivity contribution >= 4 is 5.91 Å². The maximum atomic E-state index is 12.4. The molecule has 3 rings (SSSR count). The lowest BCUT2D eigenvalue weighted by atomic mass is 10.0. The van der Waals surface area contributed by atoms with Gasteiger partial charge in [0.2, 0.25) is 0 Å². The van der Waals surface area contributed by atoms with Crippen molar-refractivity contribution in [2.75, 3.05) is 46.3 Å². The van der Waals surface area contributed by atoms with Crippen molar-refractivity contribution in [3.63, 3.8) is 0 Å². The lowest BCUT2D eigenvalue weighted by molar-refractivity contribution is 0.0555. The summed E-state index contributed by atoms with van der Waals surface area (Å²) in [5.41, 5.74) is 0.570. The summed E-state index contributed by atoms with van der Waals surface area (Å²) >= 11 is 0. The Kier molecular flexibility index (Phi) is 4.73. The van der Waals surface area contributed by atoms with Gasteiger partial charge >= 0.3 is 0 Å². The van der Waals surface area contributed by atoms with Gasteiger partial charge in [0.05, 0.1) is 6.20 Å². The summed E-state index contributed by atoms with van der Waals surface area (Å²) in [6.45, 7) is 5.85. The fourth-order valence-electron chi connectivity index (χ4n) is 3.45. The normalized spacial score (nSPS) is 24.6. The topological polar surface area (TPSA) is 57.5 Å². The summed E-state index contributed by atoms with van der Waals surface area (Å²) in [5.74, 6) is 0.0435. The van der Waals surface area contributed by atoms with E-state index in [1.54, 1.807) is 17.9 Å². The van der Waals surface area contributed by atoms with Crippen molar-refractivity contribution in [1.29, 1.82) is 0 Å². The smallest absolute Gasteiger partial charge is 0.273 e. The molecule has 1 aromatic rings. The van der Waals surface area contributed by atoms with Crippen molar-refractivity contribution in [3.05, 3.63) is 11.9 Å². The quantitative estimate of drug-likeness (QED) is 0.790. The SMILES string of the molecule is CN1CCCCC1CN1CCN(C(=O)c2cnnn2C)CC1. The Bertz CT molecular complexity index is 508. The molecule has 0 aromatic carbocycles. The maximum Gasteiger partial charge on any atom is 0.273 e. The monoisotopic (exact) mass is 306 g/mol. The average molecular weight is 306 g/mol. The third-order valence-electron chi connectivity index (χ3n) is 4.98. The number of hydrogen-bond donors (Lipinski definition) is 0. The van der Waals surface area contributed by atoms with Gasteiger partial charge in [-0.2, -0.15) is 0 Å². The molecule has 3 heterocycles. The van der Waals surface area contributed by atoms with E-state index in [4.69, 9.17) is 0 Å². The zero-order valence-corrected chi connectivity index (χ0v) is 13.6. The standard InChI is InChI=1S/C15H26N6O/c1-18-6-4-3-5-13(18)12-20-7-9-21(10-8-20)15(22)14-11-16-17-19(14)2/h11,13H,3-10,12H2,1-2H3. The number of nitrogens with zero attached hydrogens (tertiary/aromatic N) is 6. The Balaban J connectivity index is 1.50. The number of amides is 1. The summed E-state index contributed by atoms with van der Waals surface area (Å²) in [5, 5.41) is 7.62. The number of rotatable bonds is 3. The van der Waals surface area contributed by atoms with Gasteiger partial charge in [-0.05, 0) is 26.4 Å². The van der Waals surface area contributed by atoms with Crippen molar-refractivity contribution in [1.82, 2.24) is 29.7 Å². The molecule has 2 aliphatic rings. The van der Waals surface area contributed by atoms with E-state index in [0.29, 0.717) is 11.7 Å². The van der Waals surface area contributed by atoms with Gasteiger partial charge in [0.1, 0.15) is 5.69 Å². The van der Waals surface area contributed by atoms with E-state index in [1.807, 2.05) is 4.90 Å². The number of carbonyl (C=O) groups excluding carboxylic acids is 1. The van der Waals surface area contributed by atoms with Gasteiger partial charge in [0, 0.05) is 45.8 Å². The van der Waals surface area contributed by atoms with E-state index in [0.717, 1.165) is 32.7 Å². The molecular weight excluding hydrogens is 280 g/mol. The van der Waals surface area contributed by atoms with Crippen LogP contribution in [0.3, 0.4) is 0 Å². The summed E-state index contributed by atoms with van der Waals surface area (Å²) < 4.78 is 1.55. The second-order valence-corrected chi connectivity index (χ2v) is 6.47. The molecule has 1 aromatic heterocycles. The predicted molar refractivity (Wildman–Crippen MR) is 83.6 cm³/mol. The largest absolute Gasteiger partial charge is 0.335 e. The van der Waals surface area contributed by atoms with Crippen LogP contribution >= 0.6 is 0 Å². The first-order chi connectivity index (χ1) is 10.6. The molecule has 0 bridgehead atoms. The molecule has 1 amide bonds. The van der Waals surface area contributed by atoms with Crippen LogP contribution in [-0.2, 0) is 7.05 Å². The van der Waals surface area contributed by atoms with E-state index < -0.39 is 0 Å². The third kappa shape index (κ3) is 3.30. The predicted octanol–water partition coefficient (Wildman–Crippen LogP) is 0.0572. The van der Waals surface area contributed by atoms with E-state index in [2.05, 4.69) is 27.2 Å². The molecule has 1 atom stereocenters. The number of aromatic nitrogens is 3. The highest BCUT2D eigenvalue weighted by Gasteiger charge is 2.27. The van der Waals surface area contributed by atoms with Crippen LogP contribution in [0, 0.1) is 0 Å². The first-order valence-corrected chi connectivity index (χ1v) is 8.21. The molecule has 2 aliphatic heterocycles. The highest BCUT2D eigenvalue weighted by molar-refractivity contribution is 5.92. The molecule has 2 fully saturated rings. The summed E-state index contributed by atoms with van der Waals surface area (Å²) in [7, 11) is 3.99. The molecule has 0 radical (unpaired) electrons. The van der Waals surface area contributed by atoms with E-state index in [1.165, 1.54) is 25.8 Å². The fourth-order valence-corrected chi connectivity index (χ4v) is 3.45. The second-order valence-electron chi connectivity index (χ2n) is 6.47. The van der Waals surface area contributed by atoms with Crippen LogP contribution in [0.15, 0.2) is 6.20 Å². The van der Waals surface area contributed by atoms with Gasteiger partial charge < -0.3 is 9.80 Å². The minimum Gasteiger partial charge on any atom is -0.335 e. The molecule has 7 nitrogen and oxygen atoms in total. The molecule has 0 N–H and O–H groups in total. The maximum absolute atomic E-state index is 12.4. The lowest BCUT2D eigenvalue weighted by Gasteiger charge is -2.40. The first kappa shape index (κ1) is 15.4. The Morgan fingerprint density at radius 1 is 1.18 bits per heavy atom. The van der Waals surface area contributed by atoms with Crippen molar-refractivity contribution in [2.24, 2.45) is 7.05 Å². The van der Waals surface area contributed by atoms with Gasteiger partial charge in [-0.1, -0.05) is 11.6 Å². The molecule has 22 heavy (non-hydrogen) atoms. The molecule has 0 aliphatic carbocycles. The summed E-state index contributed by atoms with van der Waals surface area (Å²) in [4.78, 5) is 19.3. The van der Waals surface area contributed by atoms with Crippen molar-refractivity contribution in [2.45, 2.75) is 25.3 Å². The van der Waals surface area contributed by atoms with Crippen molar-refractivity contribution < 1.29 is 4.79 Å². The zero-order chi connectivity index (χ0) is 15.5. The highest BCUT2D eigenvalue weighted by atomic mass is 16.2. The van der Waals surface area contributed by atoms with Crippen LogP contribution in [0.25, 0.3) is 0 Å². The average Bonchev–Trinajstić information content (AvgIpc) is 2.96. The Morgan fingerprint density at radius 3 is 2.59 bits per heavy atom. The molecule has 122 valence electrons. The van der Waals surface area contributed by atoms with E-state index in [9.17, 15) is 4.79 Å². The number of carbonyl (C=O) groups is 1. The molecule has 0 spiro atoms. The minimum absolute atomic E-state index is 0.0435. The number of likely N-dealkylation sites (N-methyl/N-ethyl adjacent to an activating group) is 1.